The molecule has 1 N–H and O–H groups in total. The van der Waals surface area contributed by atoms with Crippen LogP contribution in [0.1, 0.15) is 17.0 Å². The summed E-state index contributed by atoms with van der Waals surface area (Å²) in [5.74, 6) is 1.41. The van der Waals surface area contributed by atoms with Gasteiger partial charge in [-0.25, -0.2) is 0 Å². The van der Waals surface area contributed by atoms with Crippen molar-refractivity contribution in [3.63, 3.8) is 0 Å². The molecule has 112 valence electrons. The molecule has 1 unspecified atom stereocenters. The molecule has 0 fully saturated rings. The molecule has 1 aromatic carbocycles. The highest BCUT2D eigenvalue weighted by molar-refractivity contribution is 6.18. The number of methoxy groups -OCH3 is 1. The summed E-state index contributed by atoms with van der Waals surface area (Å²) in [5, 5.41) is 3.46. The number of halogens is 1. The van der Waals surface area contributed by atoms with Crippen LogP contribution in [0.3, 0.4) is 0 Å². The Morgan fingerprint density at radius 3 is 2.67 bits per heavy atom. The van der Waals surface area contributed by atoms with Crippen LogP contribution in [-0.2, 0) is 13.0 Å². The molecule has 0 aliphatic carbocycles. The summed E-state index contributed by atoms with van der Waals surface area (Å²) in [5.41, 5.74) is 3.21. The van der Waals surface area contributed by atoms with Gasteiger partial charge < -0.3 is 10.1 Å². The number of aromatic nitrogens is 1. The molecule has 3 nitrogen and oxygen atoms in total. The summed E-state index contributed by atoms with van der Waals surface area (Å²) in [4.78, 5) is 4.51. The van der Waals surface area contributed by atoms with E-state index in [-0.39, 0.29) is 6.04 Å². The monoisotopic (exact) mass is 304 g/mol. The number of benzene rings is 1. The largest absolute Gasteiger partial charge is 0.497 e. The number of hydrogen-bond acceptors (Lipinski definition) is 3. The highest BCUT2D eigenvalue weighted by Gasteiger charge is 2.09. The SMILES string of the molecule is COc1cc(C)nc(CNC(CCl)Cc2ccccc2)c1. The zero-order valence-electron chi connectivity index (χ0n) is 12.5. The van der Waals surface area contributed by atoms with Crippen molar-refractivity contribution >= 4 is 11.6 Å². The molecule has 21 heavy (non-hydrogen) atoms. The zero-order chi connectivity index (χ0) is 15.1. The van der Waals surface area contributed by atoms with E-state index in [0.717, 1.165) is 23.6 Å². The fourth-order valence-electron chi connectivity index (χ4n) is 2.24. The van der Waals surface area contributed by atoms with Gasteiger partial charge in [-0.2, -0.15) is 0 Å². The van der Waals surface area contributed by atoms with Gasteiger partial charge in [0.05, 0.1) is 12.8 Å². The topological polar surface area (TPSA) is 34.1 Å². The number of hydrogen-bond donors (Lipinski definition) is 1. The highest BCUT2D eigenvalue weighted by atomic mass is 35.5. The number of nitrogens with zero attached hydrogens (tertiary/aromatic N) is 1. The Bertz CT molecular complexity index is 560. The molecule has 2 aromatic rings. The van der Waals surface area contributed by atoms with Gasteiger partial charge in [-0.1, -0.05) is 30.3 Å². The first kappa shape index (κ1) is 15.8. The minimum Gasteiger partial charge on any atom is -0.497 e. The van der Waals surface area contributed by atoms with Crippen molar-refractivity contribution in [3.8, 4) is 5.75 Å². The maximum Gasteiger partial charge on any atom is 0.122 e. The highest BCUT2D eigenvalue weighted by Crippen LogP contribution is 2.13. The number of nitrogens with one attached hydrogen (secondary N) is 1. The second-order valence-corrected chi connectivity index (χ2v) is 5.37. The molecule has 2 rings (SSSR count). The van der Waals surface area contributed by atoms with Gasteiger partial charge in [-0.15, -0.1) is 11.6 Å². The van der Waals surface area contributed by atoms with Crippen LogP contribution in [0.4, 0.5) is 0 Å². The lowest BCUT2D eigenvalue weighted by Gasteiger charge is -2.16. The molecular weight excluding hydrogens is 284 g/mol. The lowest BCUT2D eigenvalue weighted by atomic mass is 10.1. The van der Waals surface area contributed by atoms with E-state index >= 15 is 0 Å². The fraction of sp³-hybridized carbons (Fsp3) is 0.353. The molecule has 0 aliphatic heterocycles. The Hall–Kier alpha value is -1.58. The molecule has 0 bridgehead atoms. The summed E-state index contributed by atoms with van der Waals surface area (Å²) >= 11 is 6.07. The smallest absolute Gasteiger partial charge is 0.122 e. The zero-order valence-corrected chi connectivity index (χ0v) is 13.2. The van der Waals surface area contributed by atoms with E-state index in [2.05, 4.69) is 22.4 Å². The van der Waals surface area contributed by atoms with E-state index in [1.807, 2.05) is 37.3 Å². The third kappa shape index (κ3) is 5.03. The molecule has 0 saturated heterocycles. The van der Waals surface area contributed by atoms with Crippen molar-refractivity contribution in [2.45, 2.75) is 25.9 Å². The van der Waals surface area contributed by atoms with Gasteiger partial charge in [-0.05, 0) is 18.9 Å². The van der Waals surface area contributed by atoms with Crippen molar-refractivity contribution in [1.29, 1.82) is 0 Å². The molecule has 1 atom stereocenters. The van der Waals surface area contributed by atoms with Crippen molar-refractivity contribution in [2.24, 2.45) is 0 Å². The molecule has 0 amide bonds. The Balaban J connectivity index is 1.95. The average Bonchev–Trinajstić information content (AvgIpc) is 2.51. The van der Waals surface area contributed by atoms with Gasteiger partial charge in [0, 0.05) is 36.3 Å². The first-order valence-electron chi connectivity index (χ1n) is 7.06. The van der Waals surface area contributed by atoms with E-state index in [1.165, 1.54) is 5.56 Å². The van der Waals surface area contributed by atoms with Crippen LogP contribution in [-0.4, -0.2) is 24.0 Å². The summed E-state index contributed by atoms with van der Waals surface area (Å²) in [7, 11) is 1.67. The van der Waals surface area contributed by atoms with Gasteiger partial charge in [0.2, 0.25) is 0 Å². The molecule has 0 aliphatic rings. The van der Waals surface area contributed by atoms with Crippen molar-refractivity contribution in [2.75, 3.05) is 13.0 Å². The van der Waals surface area contributed by atoms with Crippen molar-refractivity contribution in [3.05, 3.63) is 59.4 Å². The second-order valence-electron chi connectivity index (χ2n) is 5.06. The third-order valence-electron chi connectivity index (χ3n) is 3.30. The molecule has 1 aromatic heterocycles. The van der Waals surface area contributed by atoms with E-state index in [1.54, 1.807) is 7.11 Å². The minimum atomic E-state index is 0.224. The van der Waals surface area contributed by atoms with Crippen LogP contribution in [0.5, 0.6) is 5.75 Å². The Kier molecular flexibility index (Phi) is 6.03. The Morgan fingerprint density at radius 1 is 1.24 bits per heavy atom. The fourth-order valence-corrected chi connectivity index (χ4v) is 2.46. The number of ether oxygens (including phenoxy) is 1. The summed E-state index contributed by atoms with van der Waals surface area (Å²) < 4.78 is 5.27. The predicted octanol–water partition coefficient (Wildman–Crippen LogP) is 3.34. The van der Waals surface area contributed by atoms with Gasteiger partial charge in [-0.3, -0.25) is 4.98 Å². The lowest BCUT2D eigenvalue weighted by Crippen LogP contribution is -2.32. The third-order valence-corrected chi connectivity index (χ3v) is 3.67. The first-order chi connectivity index (χ1) is 10.2. The maximum atomic E-state index is 6.07. The van der Waals surface area contributed by atoms with Crippen LogP contribution in [0.25, 0.3) is 0 Å². The van der Waals surface area contributed by atoms with Crippen molar-refractivity contribution < 1.29 is 4.74 Å². The van der Waals surface area contributed by atoms with E-state index in [4.69, 9.17) is 16.3 Å². The number of aryl methyl sites for hydroxylation is 1. The van der Waals surface area contributed by atoms with Gasteiger partial charge in [0.1, 0.15) is 5.75 Å². The predicted molar refractivity (Wildman–Crippen MR) is 87.0 cm³/mol. The minimum absolute atomic E-state index is 0.224. The molecule has 0 radical (unpaired) electrons. The quantitative estimate of drug-likeness (QED) is 0.797. The number of pyridine rings is 1. The first-order valence-corrected chi connectivity index (χ1v) is 7.59. The Morgan fingerprint density at radius 2 is 2.00 bits per heavy atom. The molecule has 1 heterocycles. The normalized spacial score (nSPS) is 12.1. The van der Waals surface area contributed by atoms with Crippen LogP contribution in [0.15, 0.2) is 42.5 Å². The number of alkyl halides is 1. The van der Waals surface area contributed by atoms with Gasteiger partial charge in [0.25, 0.3) is 0 Å². The summed E-state index contributed by atoms with van der Waals surface area (Å²) in [6.07, 6.45) is 0.910. The molecular formula is C17H21ClN2O. The average molecular weight is 305 g/mol. The van der Waals surface area contributed by atoms with E-state index < -0.39 is 0 Å². The van der Waals surface area contributed by atoms with Crippen LogP contribution >= 0.6 is 11.6 Å². The second kappa shape index (κ2) is 8.01. The van der Waals surface area contributed by atoms with Crippen molar-refractivity contribution in [1.82, 2.24) is 10.3 Å². The summed E-state index contributed by atoms with van der Waals surface area (Å²) in [6, 6.07) is 14.5. The molecule has 4 heteroatoms. The summed E-state index contributed by atoms with van der Waals surface area (Å²) in [6.45, 7) is 2.65. The lowest BCUT2D eigenvalue weighted by molar-refractivity contribution is 0.412. The van der Waals surface area contributed by atoms with Gasteiger partial charge >= 0.3 is 0 Å². The van der Waals surface area contributed by atoms with Crippen LogP contribution < -0.4 is 10.1 Å². The van der Waals surface area contributed by atoms with Gasteiger partial charge in [0.15, 0.2) is 0 Å². The van der Waals surface area contributed by atoms with E-state index in [9.17, 15) is 0 Å². The maximum absolute atomic E-state index is 6.07. The van der Waals surface area contributed by atoms with E-state index in [0.29, 0.717) is 12.4 Å². The molecule has 0 saturated carbocycles. The Labute approximate surface area is 131 Å². The molecule has 0 spiro atoms. The van der Waals surface area contributed by atoms with Crippen LogP contribution in [0.2, 0.25) is 0 Å². The standard InChI is InChI=1S/C17H21ClN2O/c1-13-8-17(21-2)10-16(20-13)12-19-15(11-18)9-14-6-4-3-5-7-14/h3-8,10,15,19H,9,11-12H2,1-2H3. The van der Waals surface area contributed by atoms with Crippen LogP contribution in [0, 0.1) is 6.92 Å². The number of rotatable bonds is 7.